The second kappa shape index (κ2) is 3.71. The highest BCUT2D eigenvalue weighted by molar-refractivity contribution is 7.10. The molecule has 0 saturated heterocycles. The SMILES string of the molecule is Cc1ccsc1C(C)(C)C(O)C(=O)O. The van der Waals surface area contributed by atoms with Gasteiger partial charge in [-0.25, -0.2) is 4.79 Å². The molecule has 0 aliphatic rings. The van der Waals surface area contributed by atoms with Crippen LogP contribution in [0.1, 0.15) is 24.3 Å². The Morgan fingerprint density at radius 2 is 2.14 bits per heavy atom. The van der Waals surface area contributed by atoms with Gasteiger partial charge in [-0.2, -0.15) is 0 Å². The molecule has 1 atom stereocenters. The van der Waals surface area contributed by atoms with Crippen molar-refractivity contribution < 1.29 is 15.0 Å². The van der Waals surface area contributed by atoms with Crippen LogP contribution in [-0.2, 0) is 10.2 Å². The largest absolute Gasteiger partial charge is 0.479 e. The zero-order valence-electron chi connectivity index (χ0n) is 8.44. The van der Waals surface area contributed by atoms with Crippen molar-refractivity contribution in [1.29, 1.82) is 0 Å². The highest BCUT2D eigenvalue weighted by atomic mass is 32.1. The van der Waals surface area contributed by atoms with Gasteiger partial charge in [-0.15, -0.1) is 11.3 Å². The van der Waals surface area contributed by atoms with Gasteiger partial charge in [0.2, 0.25) is 0 Å². The number of aliphatic hydroxyl groups is 1. The quantitative estimate of drug-likeness (QED) is 0.806. The maximum Gasteiger partial charge on any atom is 0.333 e. The molecule has 1 unspecified atom stereocenters. The highest BCUT2D eigenvalue weighted by Crippen LogP contribution is 2.33. The van der Waals surface area contributed by atoms with E-state index < -0.39 is 17.5 Å². The first-order valence-corrected chi connectivity index (χ1v) is 5.20. The van der Waals surface area contributed by atoms with E-state index in [9.17, 15) is 9.90 Å². The van der Waals surface area contributed by atoms with Gasteiger partial charge in [-0.3, -0.25) is 0 Å². The van der Waals surface area contributed by atoms with Crippen molar-refractivity contribution in [2.75, 3.05) is 0 Å². The predicted molar refractivity (Wildman–Crippen MR) is 55.7 cm³/mol. The lowest BCUT2D eigenvalue weighted by molar-refractivity contribution is -0.150. The van der Waals surface area contributed by atoms with Crippen molar-refractivity contribution in [3.05, 3.63) is 21.9 Å². The minimum atomic E-state index is -1.36. The van der Waals surface area contributed by atoms with Crippen molar-refractivity contribution in [2.45, 2.75) is 32.3 Å². The van der Waals surface area contributed by atoms with E-state index in [4.69, 9.17) is 5.11 Å². The number of thiophene rings is 1. The van der Waals surface area contributed by atoms with Crippen molar-refractivity contribution in [2.24, 2.45) is 0 Å². The van der Waals surface area contributed by atoms with Gasteiger partial charge in [0, 0.05) is 10.3 Å². The number of aliphatic carboxylic acids is 1. The summed E-state index contributed by atoms with van der Waals surface area (Å²) in [5, 5.41) is 20.2. The fourth-order valence-electron chi connectivity index (χ4n) is 1.47. The molecule has 0 aliphatic heterocycles. The molecule has 0 amide bonds. The molecule has 0 radical (unpaired) electrons. The summed E-state index contributed by atoms with van der Waals surface area (Å²) < 4.78 is 0. The number of aliphatic hydroxyl groups excluding tert-OH is 1. The zero-order chi connectivity index (χ0) is 10.9. The lowest BCUT2D eigenvalue weighted by atomic mass is 9.83. The van der Waals surface area contributed by atoms with Gasteiger partial charge >= 0.3 is 5.97 Å². The summed E-state index contributed by atoms with van der Waals surface area (Å²) >= 11 is 1.48. The van der Waals surface area contributed by atoms with E-state index >= 15 is 0 Å². The Labute approximate surface area is 87.0 Å². The molecule has 1 heterocycles. The van der Waals surface area contributed by atoms with Crippen LogP contribution in [0, 0.1) is 6.92 Å². The Kier molecular flexibility index (Phi) is 2.97. The molecule has 78 valence electrons. The predicted octanol–water partition coefficient (Wildman–Crippen LogP) is 1.78. The molecule has 14 heavy (non-hydrogen) atoms. The van der Waals surface area contributed by atoms with Crippen LogP contribution in [0.25, 0.3) is 0 Å². The summed E-state index contributed by atoms with van der Waals surface area (Å²) in [6.45, 7) is 5.40. The third-order valence-electron chi connectivity index (χ3n) is 2.36. The third kappa shape index (κ3) is 1.81. The maximum absolute atomic E-state index is 10.7. The molecule has 1 aromatic rings. The minimum absolute atomic E-state index is 0.732. The lowest BCUT2D eigenvalue weighted by Crippen LogP contribution is -2.39. The van der Waals surface area contributed by atoms with Crippen LogP contribution in [0.15, 0.2) is 11.4 Å². The van der Waals surface area contributed by atoms with Crippen LogP contribution in [0.4, 0.5) is 0 Å². The number of carboxylic acids is 1. The Balaban J connectivity index is 3.07. The summed E-state index contributed by atoms with van der Waals surface area (Å²) in [4.78, 5) is 11.6. The Morgan fingerprint density at radius 3 is 2.50 bits per heavy atom. The van der Waals surface area contributed by atoms with Gasteiger partial charge in [0.15, 0.2) is 6.10 Å². The number of hydrogen-bond donors (Lipinski definition) is 2. The molecule has 0 bridgehead atoms. The smallest absolute Gasteiger partial charge is 0.333 e. The van der Waals surface area contributed by atoms with Crippen LogP contribution >= 0.6 is 11.3 Å². The number of carboxylic acid groups (broad SMARTS) is 1. The van der Waals surface area contributed by atoms with Gasteiger partial charge in [-0.05, 0) is 23.9 Å². The summed E-state index contributed by atoms with van der Waals surface area (Å²) in [6, 6.07) is 1.93. The van der Waals surface area contributed by atoms with Crippen LogP contribution in [-0.4, -0.2) is 22.3 Å². The topological polar surface area (TPSA) is 57.5 Å². The summed E-state index contributed by atoms with van der Waals surface area (Å²) in [7, 11) is 0. The fraction of sp³-hybridized carbons (Fsp3) is 0.500. The average molecular weight is 214 g/mol. The van der Waals surface area contributed by atoms with E-state index in [2.05, 4.69) is 0 Å². The molecule has 0 fully saturated rings. The average Bonchev–Trinajstić information content (AvgIpc) is 2.50. The van der Waals surface area contributed by atoms with E-state index in [0.717, 1.165) is 10.4 Å². The van der Waals surface area contributed by atoms with Gasteiger partial charge < -0.3 is 10.2 Å². The molecule has 0 saturated carbocycles. The highest BCUT2D eigenvalue weighted by Gasteiger charge is 2.36. The molecule has 0 aliphatic carbocycles. The summed E-state index contributed by atoms with van der Waals surface area (Å²) in [5.74, 6) is -1.18. The minimum Gasteiger partial charge on any atom is -0.479 e. The fourth-order valence-corrected chi connectivity index (χ4v) is 2.54. The monoisotopic (exact) mass is 214 g/mol. The molecule has 0 spiro atoms. The molecular weight excluding hydrogens is 200 g/mol. The van der Waals surface area contributed by atoms with E-state index in [0.29, 0.717) is 0 Å². The zero-order valence-corrected chi connectivity index (χ0v) is 9.26. The van der Waals surface area contributed by atoms with Gasteiger partial charge in [-0.1, -0.05) is 13.8 Å². The molecule has 4 heteroatoms. The maximum atomic E-state index is 10.7. The normalized spacial score (nSPS) is 14.0. The van der Waals surface area contributed by atoms with E-state index in [1.807, 2.05) is 18.4 Å². The Morgan fingerprint density at radius 1 is 1.57 bits per heavy atom. The third-order valence-corrected chi connectivity index (χ3v) is 3.72. The lowest BCUT2D eigenvalue weighted by Gasteiger charge is -2.27. The van der Waals surface area contributed by atoms with Gasteiger partial charge in [0.1, 0.15) is 0 Å². The standard InChI is InChI=1S/C10H14O3S/c1-6-4-5-14-8(6)10(2,3)7(11)9(12)13/h4-5,7,11H,1-3H3,(H,12,13). The molecule has 2 N–H and O–H groups in total. The number of aryl methyl sites for hydroxylation is 1. The van der Waals surface area contributed by atoms with Crippen molar-refractivity contribution in [3.8, 4) is 0 Å². The molecule has 1 rings (SSSR count). The van der Waals surface area contributed by atoms with Crippen LogP contribution in [0.3, 0.4) is 0 Å². The second-order valence-corrected chi connectivity index (χ2v) is 4.81. The summed E-state index contributed by atoms with van der Waals surface area (Å²) in [5.41, 5.74) is 0.296. The molecule has 0 aromatic carbocycles. The van der Waals surface area contributed by atoms with Crippen molar-refractivity contribution in [3.63, 3.8) is 0 Å². The Bertz CT molecular complexity index is 341. The molecular formula is C10H14O3S. The second-order valence-electron chi connectivity index (χ2n) is 3.90. The first-order chi connectivity index (χ1) is 6.37. The van der Waals surface area contributed by atoms with Crippen LogP contribution in [0.2, 0.25) is 0 Å². The first kappa shape index (κ1) is 11.2. The summed E-state index contributed by atoms with van der Waals surface area (Å²) in [6.07, 6.45) is -1.36. The van der Waals surface area contributed by atoms with Gasteiger partial charge in [0.25, 0.3) is 0 Å². The van der Waals surface area contributed by atoms with Crippen LogP contribution < -0.4 is 0 Å². The first-order valence-electron chi connectivity index (χ1n) is 4.33. The van der Waals surface area contributed by atoms with Crippen molar-refractivity contribution >= 4 is 17.3 Å². The number of carbonyl (C=O) groups is 1. The molecule has 1 aromatic heterocycles. The molecule has 3 nitrogen and oxygen atoms in total. The number of rotatable bonds is 3. The van der Waals surface area contributed by atoms with Crippen LogP contribution in [0.5, 0.6) is 0 Å². The number of hydrogen-bond acceptors (Lipinski definition) is 3. The van der Waals surface area contributed by atoms with E-state index in [-0.39, 0.29) is 0 Å². The van der Waals surface area contributed by atoms with Crippen molar-refractivity contribution in [1.82, 2.24) is 0 Å². The van der Waals surface area contributed by atoms with E-state index in [1.54, 1.807) is 13.8 Å². The Hall–Kier alpha value is -0.870. The van der Waals surface area contributed by atoms with E-state index in [1.165, 1.54) is 11.3 Å². The van der Waals surface area contributed by atoms with Gasteiger partial charge in [0.05, 0.1) is 0 Å².